The predicted molar refractivity (Wildman–Crippen MR) is 86.8 cm³/mol. The van der Waals surface area contributed by atoms with Crippen LogP contribution in [0.15, 0.2) is 48.5 Å². The van der Waals surface area contributed by atoms with Gasteiger partial charge >= 0.3 is 0 Å². The highest BCUT2D eigenvalue weighted by molar-refractivity contribution is 5.40. The van der Waals surface area contributed by atoms with Crippen LogP contribution in [-0.4, -0.2) is 11.0 Å². The molecule has 0 bridgehead atoms. The summed E-state index contributed by atoms with van der Waals surface area (Å²) in [4.78, 5) is 10.6. The van der Waals surface area contributed by atoms with Gasteiger partial charge in [-0.05, 0) is 42.4 Å². The normalized spacial score (nSPS) is 17.5. The zero-order valence-corrected chi connectivity index (χ0v) is 12.5. The average molecular weight is 296 g/mol. The summed E-state index contributed by atoms with van der Waals surface area (Å²) in [6, 6.07) is 16.1. The van der Waals surface area contributed by atoms with Crippen molar-refractivity contribution in [3.05, 3.63) is 75.3 Å². The number of nitrogens with zero attached hydrogens (tertiary/aromatic N) is 1. The molecule has 1 atom stereocenters. The van der Waals surface area contributed by atoms with Crippen LogP contribution in [0, 0.1) is 10.1 Å². The first-order chi connectivity index (χ1) is 10.7. The Morgan fingerprint density at radius 1 is 1.05 bits per heavy atom. The van der Waals surface area contributed by atoms with E-state index in [1.807, 2.05) is 12.1 Å². The fourth-order valence-electron chi connectivity index (χ4n) is 3.07. The van der Waals surface area contributed by atoms with Gasteiger partial charge in [0.25, 0.3) is 5.69 Å². The van der Waals surface area contributed by atoms with Crippen LogP contribution in [0.2, 0.25) is 0 Å². The van der Waals surface area contributed by atoms with E-state index >= 15 is 0 Å². The highest BCUT2D eigenvalue weighted by Gasteiger charge is 2.18. The van der Waals surface area contributed by atoms with Gasteiger partial charge in [-0.25, -0.2) is 0 Å². The van der Waals surface area contributed by atoms with E-state index in [0.29, 0.717) is 6.04 Å². The van der Waals surface area contributed by atoms with Crippen LogP contribution < -0.4 is 5.32 Å². The van der Waals surface area contributed by atoms with Gasteiger partial charge in [-0.3, -0.25) is 10.1 Å². The maximum Gasteiger partial charge on any atom is 0.269 e. The lowest BCUT2D eigenvalue weighted by Gasteiger charge is -2.16. The van der Waals surface area contributed by atoms with Crippen molar-refractivity contribution in [2.24, 2.45) is 0 Å². The van der Waals surface area contributed by atoms with Crippen molar-refractivity contribution in [1.82, 2.24) is 5.32 Å². The fourth-order valence-corrected chi connectivity index (χ4v) is 3.07. The number of hydrogen-bond acceptors (Lipinski definition) is 3. The van der Waals surface area contributed by atoms with E-state index in [9.17, 15) is 10.1 Å². The summed E-state index contributed by atoms with van der Waals surface area (Å²) in [6.45, 7) is 0.877. The molecule has 0 aliphatic heterocycles. The van der Waals surface area contributed by atoms with E-state index in [4.69, 9.17) is 0 Å². The number of hydrogen-bond donors (Lipinski definition) is 1. The number of rotatable bonds is 4. The maximum atomic E-state index is 10.9. The molecule has 2 aromatic rings. The number of benzene rings is 2. The van der Waals surface area contributed by atoms with Gasteiger partial charge in [-0.15, -0.1) is 0 Å². The second kappa shape index (κ2) is 6.71. The first kappa shape index (κ1) is 14.7. The lowest BCUT2D eigenvalue weighted by atomic mass is 10.0. The zero-order chi connectivity index (χ0) is 15.4. The highest BCUT2D eigenvalue weighted by atomic mass is 16.6. The highest BCUT2D eigenvalue weighted by Crippen LogP contribution is 2.25. The van der Waals surface area contributed by atoms with E-state index in [1.165, 1.54) is 11.1 Å². The Balaban J connectivity index is 1.62. The number of non-ortho nitro benzene ring substituents is 1. The van der Waals surface area contributed by atoms with Crippen molar-refractivity contribution in [3.63, 3.8) is 0 Å². The Labute approximate surface area is 130 Å². The molecule has 4 nitrogen and oxygen atoms in total. The summed E-state index contributed by atoms with van der Waals surface area (Å²) in [5, 5.41) is 14.5. The van der Waals surface area contributed by atoms with Crippen molar-refractivity contribution < 1.29 is 4.92 Å². The molecular weight excluding hydrogens is 276 g/mol. The van der Waals surface area contributed by atoms with Crippen molar-refractivity contribution in [2.75, 3.05) is 0 Å². The molecule has 0 radical (unpaired) electrons. The number of aryl methyl sites for hydroxylation is 2. The molecule has 1 N–H and O–H groups in total. The maximum absolute atomic E-state index is 10.9. The number of fused-ring (bicyclic) bond motifs is 1. The minimum atomic E-state index is -0.309. The molecule has 3 rings (SSSR count). The van der Waals surface area contributed by atoms with Crippen LogP contribution in [0.25, 0.3) is 0 Å². The average Bonchev–Trinajstić information content (AvgIpc) is 2.75. The summed E-state index contributed by atoms with van der Waals surface area (Å²) in [6.07, 6.45) is 4.00. The smallest absolute Gasteiger partial charge is 0.269 e. The van der Waals surface area contributed by atoms with E-state index in [1.54, 1.807) is 12.1 Å². The minimum Gasteiger partial charge on any atom is -0.310 e. The minimum absolute atomic E-state index is 0.203. The summed E-state index contributed by atoms with van der Waals surface area (Å²) in [5.74, 6) is 0. The summed E-state index contributed by atoms with van der Waals surface area (Å²) < 4.78 is 0. The van der Waals surface area contributed by atoms with E-state index in [-0.39, 0.29) is 10.6 Å². The van der Waals surface area contributed by atoms with Gasteiger partial charge in [0.05, 0.1) is 4.92 Å². The van der Waals surface area contributed by atoms with E-state index in [0.717, 1.165) is 37.8 Å². The van der Waals surface area contributed by atoms with Crippen LogP contribution in [-0.2, 0) is 19.4 Å². The SMILES string of the molecule is O=[N+]([O-])c1ccc2c(c1)CCC(NCc1ccccc1)CC2. The van der Waals surface area contributed by atoms with Gasteiger partial charge in [0.1, 0.15) is 0 Å². The van der Waals surface area contributed by atoms with Crippen molar-refractivity contribution in [2.45, 2.75) is 38.3 Å². The molecular formula is C18H20N2O2. The molecule has 2 aromatic carbocycles. The predicted octanol–water partition coefficient (Wildman–Crippen LogP) is 3.63. The summed E-state index contributed by atoms with van der Waals surface area (Å²) in [5.41, 5.74) is 3.89. The Hall–Kier alpha value is -2.20. The monoisotopic (exact) mass is 296 g/mol. The van der Waals surface area contributed by atoms with Crippen LogP contribution >= 0.6 is 0 Å². The van der Waals surface area contributed by atoms with Gasteiger partial charge in [-0.2, -0.15) is 0 Å². The molecule has 4 heteroatoms. The number of nitro benzene ring substituents is 1. The Bertz CT molecular complexity index is 655. The van der Waals surface area contributed by atoms with E-state index < -0.39 is 0 Å². The zero-order valence-electron chi connectivity index (χ0n) is 12.5. The van der Waals surface area contributed by atoms with Crippen LogP contribution in [0.1, 0.15) is 29.5 Å². The third-order valence-corrected chi connectivity index (χ3v) is 4.36. The molecule has 1 aliphatic carbocycles. The summed E-state index contributed by atoms with van der Waals surface area (Å²) in [7, 11) is 0. The molecule has 0 heterocycles. The Morgan fingerprint density at radius 3 is 2.50 bits per heavy atom. The lowest BCUT2D eigenvalue weighted by Crippen LogP contribution is -2.28. The Morgan fingerprint density at radius 2 is 1.77 bits per heavy atom. The van der Waals surface area contributed by atoms with Gasteiger partial charge < -0.3 is 5.32 Å². The lowest BCUT2D eigenvalue weighted by molar-refractivity contribution is -0.384. The van der Waals surface area contributed by atoms with Crippen molar-refractivity contribution >= 4 is 5.69 Å². The second-order valence-electron chi connectivity index (χ2n) is 5.85. The van der Waals surface area contributed by atoms with Crippen LogP contribution in [0.5, 0.6) is 0 Å². The fraction of sp³-hybridized carbons (Fsp3) is 0.333. The topological polar surface area (TPSA) is 55.2 Å². The van der Waals surface area contributed by atoms with Crippen molar-refractivity contribution in [3.8, 4) is 0 Å². The van der Waals surface area contributed by atoms with Gasteiger partial charge in [0.2, 0.25) is 0 Å². The Kier molecular flexibility index (Phi) is 4.49. The first-order valence-electron chi connectivity index (χ1n) is 7.76. The molecule has 0 fully saturated rings. The molecule has 114 valence electrons. The molecule has 0 aromatic heterocycles. The molecule has 1 aliphatic rings. The standard InChI is InChI=1S/C18H20N2O2/c21-20(22)18-11-8-15-6-9-17(10-7-16(15)12-18)19-13-14-4-2-1-3-5-14/h1-5,8,11-12,17,19H,6-7,9-10,13H2. The van der Waals surface area contributed by atoms with Gasteiger partial charge in [0, 0.05) is 24.7 Å². The number of nitro groups is 1. The van der Waals surface area contributed by atoms with E-state index in [2.05, 4.69) is 29.6 Å². The quantitative estimate of drug-likeness (QED) is 0.532. The number of nitrogens with one attached hydrogen (secondary N) is 1. The largest absolute Gasteiger partial charge is 0.310 e. The van der Waals surface area contributed by atoms with Crippen LogP contribution in [0.3, 0.4) is 0 Å². The van der Waals surface area contributed by atoms with Gasteiger partial charge in [0.15, 0.2) is 0 Å². The van der Waals surface area contributed by atoms with Gasteiger partial charge in [-0.1, -0.05) is 36.4 Å². The molecule has 0 spiro atoms. The molecule has 0 amide bonds. The van der Waals surface area contributed by atoms with Crippen LogP contribution in [0.4, 0.5) is 5.69 Å². The molecule has 1 unspecified atom stereocenters. The molecule has 22 heavy (non-hydrogen) atoms. The molecule has 0 saturated heterocycles. The third kappa shape index (κ3) is 3.52. The first-order valence-corrected chi connectivity index (χ1v) is 7.76. The summed E-state index contributed by atoms with van der Waals surface area (Å²) >= 11 is 0. The third-order valence-electron chi connectivity index (χ3n) is 4.36. The van der Waals surface area contributed by atoms with Crippen molar-refractivity contribution in [1.29, 1.82) is 0 Å². The second-order valence-corrected chi connectivity index (χ2v) is 5.85. The molecule has 0 saturated carbocycles.